The number of nitrogens with two attached hydrogens (primary N) is 1. The van der Waals surface area contributed by atoms with E-state index < -0.39 is 0 Å². The number of H-pyrrole nitrogens is 1. The van der Waals surface area contributed by atoms with Crippen LogP contribution in [0, 0.1) is 0 Å². The third kappa shape index (κ3) is 2.68. The number of hydrogen-bond acceptors (Lipinski definition) is 4. The van der Waals surface area contributed by atoms with Gasteiger partial charge in [-0.15, -0.1) is 0 Å². The molecule has 3 rings (SSSR count). The fraction of sp³-hybridized carbons (Fsp3) is 0.214. The first-order valence-electron chi connectivity index (χ1n) is 6.13. The van der Waals surface area contributed by atoms with Gasteiger partial charge in [0.1, 0.15) is 0 Å². The number of benzene rings is 1. The zero-order valence-electron chi connectivity index (χ0n) is 10.5. The molecule has 3 aromatic rings. The van der Waals surface area contributed by atoms with Gasteiger partial charge in [0, 0.05) is 6.04 Å². The van der Waals surface area contributed by atoms with Gasteiger partial charge >= 0.3 is 0 Å². The molecular weight excluding hydrogens is 274 g/mol. The SMILES string of the molecule is CC(N)C(Sc1nc2ccccc2[nH]1)c1ccsc1. The lowest BCUT2D eigenvalue weighted by Gasteiger charge is -2.17. The Kier molecular flexibility index (Phi) is 3.59. The molecule has 0 bridgehead atoms. The standard InChI is InChI=1S/C14H15N3S2/c1-9(15)13(10-6-7-18-8-10)19-14-16-11-4-2-3-5-12(11)17-14/h2-9,13H,15H2,1H3,(H,16,17). The van der Waals surface area contributed by atoms with Crippen molar-refractivity contribution in [1.29, 1.82) is 0 Å². The number of nitrogens with one attached hydrogen (secondary N) is 1. The Morgan fingerprint density at radius 1 is 1.32 bits per heavy atom. The van der Waals surface area contributed by atoms with Gasteiger partial charge in [0.2, 0.25) is 0 Å². The van der Waals surface area contributed by atoms with E-state index in [2.05, 4.69) is 26.8 Å². The van der Waals surface area contributed by atoms with E-state index >= 15 is 0 Å². The maximum atomic E-state index is 6.11. The summed E-state index contributed by atoms with van der Waals surface area (Å²) in [6.45, 7) is 2.04. The van der Waals surface area contributed by atoms with Crippen LogP contribution in [-0.4, -0.2) is 16.0 Å². The Labute approximate surface area is 120 Å². The molecule has 98 valence electrons. The first-order valence-corrected chi connectivity index (χ1v) is 7.95. The normalized spacial score (nSPS) is 14.6. The number of para-hydroxylation sites is 2. The van der Waals surface area contributed by atoms with Gasteiger partial charge in [-0.2, -0.15) is 11.3 Å². The average molecular weight is 289 g/mol. The van der Waals surface area contributed by atoms with Gasteiger partial charge in [-0.05, 0) is 41.4 Å². The molecule has 2 heterocycles. The van der Waals surface area contributed by atoms with E-state index in [-0.39, 0.29) is 11.3 Å². The molecule has 0 saturated carbocycles. The number of aromatic amines is 1. The van der Waals surface area contributed by atoms with Crippen LogP contribution in [0.4, 0.5) is 0 Å². The number of thiophene rings is 1. The molecule has 0 spiro atoms. The summed E-state index contributed by atoms with van der Waals surface area (Å²) in [5.41, 5.74) is 9.45. The fourth-order valence-corrected chi connectivity index (χ4v) is 3.86. The van der Waals surface area contributed by atoms with Crippen molar-refractivity contribution in [2.24, 2.45) is 5.73 Å². The molecule has 0 aliphatic rings. The molecule has 19 heavy (non-hydrogen) atoms. The van der Waals surface area contributed by atoms with Crippen molar-refractivity contribution in [3.05, 3.63) is 46.7 Å². The monoisotopic (exact) mass is 289 g/mol. The minimum absolute atomic E-state index is 0.0767. The topological polar surface area (TPSA) is 54.7 Å². The highest BCUT2D eigenvalue weighted by molar-refractivity contribution is 7.99. The van der Waals surface area contributed by atoms with Crippen LogP contribution in [0.1, 0.15) is 17.7 Å². The molecule has 0 fully saturated rings. The molecule has 2 unspecified atom stereocenters. The van der Waals surface area contributed by atoms with Gasteiger partial charge in [-0.3, -0.25) is 0 Å². The number of imidazole rings is 1. The number of rotatable bonds is 4. The maximum absolute atomic E-state index is 6.11. The van der Waals surface area contributed by atoms with E-state index in [0.717, 1.165) is 16.2 Å². The second-order valence-corrected chi connectivity index (χ2v) is 6.42. The Bertz CT molecular complexity index is 625. The first-order chi connectivity index (χ1) is 9.24. The van der Waals surface area contributed by atoms with E-state index in [1.807, 2.05) is 31.2 Å². The predicted molar refractivity (Wildman–Crippen MR) is 82.7 cm³/mol. The molecule has 3 nitrogen and oxygen atoms in total. The fourth-order valence-electron chi connectivity index (χ4n) is 2.02. The summed E-state index contributed by atoms with van der Waals surface area (Å²) in [4.78, 5) is 7.94. The lowest BCUT2D eigenvalue weighted by molar-refractivity contribution is 0.721. The van der Waals surface area contributed by atoms with Crippen LogP contribution in [0.5, 0.6) is 0 Å². The quantitative estimate of drug-likeness (QED) is 0.718. The summed E-state index contributed by atoms with van der Waals surface area (Å²) >= 11 is 3.40. The summed E-state index contributed by atoms with van der Waals surface area (Å²) in [7, 11) is 0. The lowest BCUT2D eigenvalue weighted by Crippen LogP contribution is -2.22. The molecule has 2 atom stereocenters. The summed E-state index contributed by atoms with van der Waals surface area (Å²) < 4.78 is 0. The number of hydrogen-bond donors (Lipinski definition) is 2. The van der Waals surface area contributed by atoms with Crippen molar-refractivity contribution >= 4 is 34.1 Å². The molecule has 0 amide bonds. The second kappa shape index (κ2) is 5.36. The molecule has 0 radical (unpaired) electrons. The summed E-state index contributed by atoms with van der Waals surface area (Å²) in [6, 6.07) is 10.3. The summed E-state index contributed by atoms with van der Waals surface area (Å²) in [5, 5.41) is 5.40. The minimum Gasteiger partial charge on any atom is -0.333 e. The Balaban J connectivity index is 1.89. The molecular formula is C14H15N3S2. The summed E-state index contributed by atoms with van der Waals surface area (Å²) in [5.74, 6) is 0. The number of thioether (sulfide) groups is 1. The number of fused-ring (bicyclic) bond motifs is 1. The largest absolute Gasteiger partial charge is 0.333 e. The van der Waals surface area contributed by atoms with Crippen molar-refractivity contribution < 1.29 is 0 Å². The minimum atomic E-state index is 0.0767. The highest BCUT2D eigenvalue weighted by atomic mass is 32.2. The summed E-state index contributed by atoms with van der Waals surface area (Å²) in [6.07, 6.45) is 0. The van der Waals surface area contributed by atoms with E-state index in [9.17, 15) is 0 Å². The van der Waals surface area contributed by atoms with Gasteiger partial charge < -0.3 is 10.7 Å². The molecule has 2 aromatic heterocycles. The maximum Gasteiger partial charge on any atom is 0.167 e. The van der Waals surface area contributed by atoms with Crippen LogP contribution in [0.3, 0.4) is 0 Å². The highest BCUT2D eigenvalue weighted by Crippen LogP contribution is 2.37. The number of aromatic nitrogens is 2. The van der Waals surface area contributed by atoms with Gasteiger partial charge in [-0.25, -0.2) is 4.98 Å². The van der Waals surface area contributed by atoms with Crippen LogP contribution in [-0.2, 0) is 0 Å². The molecule has 5 heteroatoms. The van der Waals surface area contributed by atoms with E-state index in [0.29, 0.717) is 0 Å². The van der Waals surface area contributed by atoms with Crippen molar-refractivity contribution in [3.8, 4) is 0 Å². The van der Waals surface area contributed by atoms with E-state index in [1.54, 1.807) is 23.1 Å². The van der Waals surface area contributed by atoms with Crippen molar-refractivity contribution in [3.63, 3.8) is 0 Å². The third-order valence-corrected chi connectivity index (χ3v) is 5.03. The Morgan fingerprint density at radius 2 is 2.16 bits per heavy atom. The molecule has 0 aliphatic carbocycles. The van der Waals surface area contributed by atoms with Crippen LogP contribution in [0.25, 0.3) is 11.0 Å². The van der Waals surface area contributed by atoms with Crippen LogP contribution < -0.4 is 5.73 Å². The van der Waals surface area contributed by atoms with Crippen molar-refractivity contribution in [2.45, 2.75) is 23.4 Å². The third-order valence-electron chi connectivity index (χ3n) is 2.96. The van der Waals surface area contributed by atoms with Gasteiger partial charge in [-0.1, -0.05) is 23.9 Å². The molecule has 0 saturated heterocycles. The first kappa shape index (κ1) is 12.7. The van der Waals surface area contributed by atoms with Gasteiger partial charge in [0.25, 0.3) is 0 Å². The van der Waals surface area contributed by atoms with Crippen LogP contribution >= 0.6 is 23.1 Å². The predicted octanol–water partition coefficient (Wildman–Crippen LogP) is 3.81. The molecule has 0 aliphatic heterocycles. The van der Waals surface area contributed by atoms with E-state index in [1.165, 1.54) is 5.56 Å². The van der Waals surface area contributed by atoms with Crippen LogP contribution in [0.15, 0.2) is 46.2 Å². The Morgan fingerprint density at radius 3 is 2.84 bits per heavy atom. The average Bonchev–Trinajstić information content (AvgIpc) is 3.04. The molecule has 1 aromatic carbocycles. The van der Waals surface area contributed by atoms with Crippen molar-refractivity contribution in [1.82, 2.24) is 9.97 Å². The van der Waals surface area contributed by atoms with Gasteiger partial charge in [0.05, 0.1) is 16.3 Å². The van der Waals surface area contributed by atoms with Gasteiger partial charge in [0.15, 0.2) is 5.16 Å². The van der Waals surface area contributed by atoms with Crippen molar-refractivity contribution in [2.75, 3.05) is 0 Å². The zero-order valence-corrected chi connectivity index (χ0v) is 12.2. The Hall–Kier alpha value is -1.30. The molecule has 3 N–H and O–H groups in total. The van der Waals surface area contributed by atoms with Crippen LogP contribution in [0.2, 0.25) is 0 Å². The second-order valence-electron chi connectivity index (χ2n) is 4.51. The smallest absolute Gasteiger partial charge is 0.167 e. The highest BCUT2D eigenvalue weighted by Gasteiger charge is 2.19. The zero-order chi connectivity index (χ0) is 13.2. The lowest BCUT2D eigenvalue weighted by atomic mass is 10.1. The number of nitrogens with zero attached hydrogens (tertiary/aromatic N) is 1. The van der Waals surface area contributed by atoms with E-state index in [4.69, 9.17) is 5.73 Å².